The van der Waals surface area contributed by atoms with Gasteiger partial charge in [0.05, 0.1) is 18.3 Å². The standard InChI is InChI=1S/C13H25NO2/c1-8-5-10(6-9(2)16-8)14-11-7-12(15)13(11,3)4/h8-12,14-15H,5-7H2,1-4H3. The summed E-state index contributed by atoms with van der Waals surface area (Å²) in [6, 6.07) is 1.01. The summed E-state index contributed by atoms with van der Waals surface area (Å²) in [5.41, 5.74) is 0.0325. The van der Waals surface area contributed by atoms with Crippen molar-refractivity contribution in [1.82, 2.24) is 5.32 Å². The molecule has 0 spiro atoms. The van der Waals surface area contributed by atoms with E-state index < -0.39 is 0 Å². The van der Waals surface area contributed by atoms with E-state index >= 15 is 0 Å². The Labute approximate surface area is 98.6 Å². The lowest BCUT2D eigenvalue weighted by atomic mass is 9.64. The summed E-state index contributed by atoms with van der Waals surface area (Å²) < 4.78 is 5.73. The molecule has 2 rings (SSSR count). The maximum Gasteiger partial charge on any atom is 0.0621 e. The van der Waals surface area contributed by atoms with Crippen LogP contribution in [0.2, 0.25) is 0 Å². The van der Waals surface area contributed by atoms with Gasteiger partial charge in [0.2, 0.25) is 0 Å². The first-order valence-corrected chi connectivity index (χ1v) is 6.49. The minimum absolute atomic E-state index is 0.0325. The van der Waals surface area contributed by atoms with Crippen LogP contribution in [-0.2, 0) is 4.74 Å². The van der Waals surface area contributed by atoms with E-state index in [0.29, 0.717) is 24.3 Å². The highest BCUT2D eigenvalue weighted by Gasteiger charge is 2.48. The van der Waals surface area contributed by atoms with Crippen molar-refractivity contribution in [2.75, 3.05) is 0 Å². The Kier molecular flexibility index (Phi) is 3.30. The van der Waals surface area contributed by atoms with Crippen molar-refractivity contribution in [2.45, 2.75) is 77.4 Å². The highest BCUT2D eigenvalue weighted by atomic mass is 16.5. The molecule has 2 fully saturated rings. The normalized spacial score (nSPS) is 47.4. The second kappa shape index (κ2) is 4.28. The van der Waals surface area contributed by atoms with Gasteiger partial charge in [-0.05, 0) is 33.1 Å². The average Bonchev–Trinajstić information content (AvgIpc) is 2.15. The predicted octanol–water partition coefficient (Wildman–Crippen LogP) is 1.69. The lowest BCUT2D eigenvalue weighted by Crippen LogP contribution is -2.62. The molecule has 1 heterocycles. The van der Waals surface area contributed by atoms with Crippen LogP contribution in [0, 0.1) is 5.41 Å². The molecule has 1 saturated heterocycles. The van der Waals surface area contributed by atoms with E-state index in [0.717, 1.165) is 19.3 Å². The molecule has 4 unspecified atom stereocenters. The molecule has 0 bridgehead atoms. The molecule has 0 radical (unpaired) electrons. The van der Waals surface area contributed by atoms with Crippen LogP contribution in [0.4, 0.5) is 0 Å². The quantitative estimate of drug-likeness (QED) is 0.754. The first kappa shape index (κ1) is 12.3. The Morgan fingerprint density at radius 2 is 1.69 bits per heavy atom. The number of aliphatic hydroxyl groups excluding tert-OH is 1. The maximum atomic E-state index is 9.71. The van der Waals surface area contributed by atoms with Crippen LogP contribution in [0.25, 0.3) is 0 Å². The summed E-state index contributed by atoms with van der Waals surface area (Å²) in [7, 11) is 0. The van der Waals surface area contributed by atoms with Crippen LogP contribution < -0.4 is 5.32 Å². The van der Waals surface area contributed by atoms with Crippen LogP contribution >= 0.6 is 0 Å². The fraction of sp³-hybridized carbons (Fsp3) is 1.00. The van der Waals surface area contributed by atoms with Gasteiger partial charge in [-0.25, -0.2) is 0 Å². The second-order valence-electron chi connectivity index (χ2n) is 6.22. The van der Waals surface area contributed by atoms with Crippen molar-refractivity contribution in [3.63, 3.8) is 0 Å². The van der Waals surface area contributed by atoms with Gasteiger partial charge in [-0.2, -0.15) is 0 Å². The van der Waals surface area contributed by atoms with Crippen molar-refractivity contribution in [3.05, 3.63) is 0 Å². The van der Waals surface area contributed by atoms with Crippen LogP contribution in [0.5, 0.6) is 0 Å². The van der Waals surface area contributed by atoms with Gasteiger partial charge in [0.1, 0.15) is 0 Å². The van der Waals surface area contributed by atoms with Gasteiger partial charge >= 0.3 is 0 Å². The topological polar surface area (TPSA) is 41.5 Å². The number of ether oxygens (including phenoxy) is 1. The van der Waals surface area contributed by atoms with Gasteiger partial charge in [0.15, 0.2) is 0 Å². The summed E-state index contributed by atoms with van der Waals surface area (Å²) >= 11 is 0. The molecule has 0 aromatic carbocycles. The van der Waals surface area contributed by atoms with Crippen LogP contribution in [-0.4, -0.2) is 35.5 Å². The number of rotatable bonds is 2. The zero-order valence-electron chi connectivity index (χ0n) is 10.9. The van der Waals surface area contributed by atoms with E-state index in [4.69, 9.17) is 4.74 Å². The number of aliphatic hydroxyl groups is 1. The predicted molar refractivity (Wildman–Crippen MR) is 64.4 cm³/mol. The number of hydrogen-bond acceptors (Lipinski definition) is 3. The highest BCUT2D eigenvalue weighted by Crippen LogP contribution is 2.41. The SMILES string of the molecule is CC1CC(NC2CC(O)C2(C)C)CC(C)O1. The molecule has 0 aromatic heterocycles. The molecule has 1 aliphatic carbocycles. The first-order chi connectivity index (χ1) is 7.39. The third kappa shape index (κ3) is 2.27. The highest BCUT2D eigenvalue weighted by molar-refractivity contribution is 5.03. The van der Waals surface area contributed by atoms with E-state index in [1.807, 2.05) is 0 Å². The molecule has 16 heavy (non-hydrogen) atoms. The third-order valence-corrected chi connectivity index (χ3v) is 4.35. The average molecular weight is 227 g/mol. The molecule has 1 saturated carbocycles. The molecule has 2 aliphatic rings. The minimum Gasteiger partial charge on any atom is -0.392 e. The summed E-state index contributed by atoms with van der Waals surface area (Å²) in [6.45, 7) is 8.58. The molecule has 3 heteroatoms. The fourth-order valence-corrected chi connectivity index (χ4v) is 3.01. The van der Waals surface area contributed by atoms with Gasteiger partial charge in [-0.15, -0.1) is 0 Å². The largest absolute Gasteiger partial charge is 0.392 e. The number of hydrogen-bond donors (Lipinski definition) is 2. The van der Waals surface area contributed by atoms with E-state index in [-0.39, 0.29) is 11.5 Å². The summed E-state index contributed by atoms with van der Waals surface area (Å²) in [5.74, 6) is 0. The third-order valence-electron chi connectivity index (χ3n) is 4.35. The smallest absolute Gasteiger partial charge is 0.0621 e. The van der Waals surface area contributed by atoms with Crippen molar-refractivity contribution in [2.24, 2.45) is 5.41 Å². The Balaban J connectivity index is 1.86. The van der Waals surface area contributed by atoms with Crippen molar-refractivity contribution in [1.29, 1.82) is 0 Å². The van der Waals surface area contributed by atoms with Crippen molar-refractivity contribution >= 4 is 0 Å². The van der Waals surface area contributed by atoms with Gasteiger partial charge in [0.25, 0.3) is 0 Å². The Morgan fingerprint density at radius 3 is 2.12 bits per heavy atom. The molecule has 2 N–H and O–H groups in total. The molecular weight excluding hydrogens is 202 g/mol. The van der Waals surface area contributed by atoms with E-state index in [1.54, 1.807) is 0 Å². The summed E-state index contributed by atoms with van der Waals surface area (Å²) in [4.78, 5) is 0. The van der Waals surface area contributed by atoms with Gasteiger partial charge in [0, 0.05) is 17.5 Å². The molecule has 94 valence electrons. The van der Waals surface area contributed by atoms with Gasteiger partial charge < -0.3 is 15.2 Å². The second-order valence-corrected chi connectivity index (χ2v) is 6.22. The van der Waals surface area contributed by atoms with Gasteiger partial charge in [-0.1, -0.05) is 13.8 Å². The van der Waals surface area contributed by atoms with E-state index in [9.17, 15) is 5.11 Å². The van der Waals surface area contributed by atoms with E-state index in [2.05, 4.69) is 33.0 Å². The Hall–Kier alpha value is -0.120. The Morgan fingerprint density at radius 1 is 1.12 bits per heavy atom. The summed E-state index contributed by atoms with van der Waals surface area (Å²) in [6.07, 6.45) is 3.65. The van der Waals surface area contributed by atoms with Crippen LogP contribution in [0.3, 0.4) is 0 Å². The molecule has 4 atom stereocenters. The molecule has 0 aromatic rings. The van der Waals surface area contributed by atoms with Crippen LogP contribution in [0.15, 0.2) is 0 Å². The van der Waals surface area contributed by atoms with Gasteiger partial charge in [-0.3, -0.25) is 0 Å². The number of nitrogens with one attached hydrogen (secondary N) is 1. The maximum absolute atomic E-state index is 9.71. The fourth-order valence-electron chi connectivity index (χ4n) is 3.01. The zero-order chi connectivity index (χ0) is 11.9. The lowest BCUT2D eigenvalue weighted by Gasteiger charge is -2.51. The van der Waals surface area contributed by atoms with E-state index in [1.165, 1.54) is 0 Å². The molecule has 3 nitrogen and oxygen atoms in total. The molecular formula is C13H25NO2. The zero-order valence-corrected chi connectivity index (χ0v) is 10.9. The monoisotopic (exact) mass is 227 g/mol. The Bertz CT molecular complexity index is 244. The minimum atomic E-state index is -0.139. The molecule has 0 amide bonds. The van der Waals surface area contributed by atoms with Crippen LogP contribution in [0.1, 0.15) is 47.0 Å². The lowest BCUT2D eigenvalue weighted by molar-refractivity contribution is -0.0909. The first-order valence-electron chi connectivity index (χ1n) is 6.49. The summed E-state index contributed by atoms with van der Waals surface area (Å²) in [5, 5.41) is 13.4. The molecule has 1 aliphatic heterocycles. The van der Waals surface area contributed by atoms with Crippen molar-refractivity contribution < 1.29 is 9.84 Å². The van der Waals surface area contributed by atoms with Crippen molar-refractivity contribution in [3.8, 4) is 0 Å².